The van der Waals surface area contributed by atoms with Gasteiger partial charge in [0, 0.05) is 45.0 Å². The fourth-order valence-corrected chi connectivity index (χ4v) is 5.41. The van der Waals surface area contributed by atoms with Crippen LogP contribution in [0.3, 0.4) is 0 Å². The number of benzene rings is 2. The summed E-state index contributed by atoms with van der Waals surface area (Å²) in [4.78, 5) is 41.5. The lowest BCUT2D eigenvalue weighted by Gasteiger charge is -2.38. The van der Waals surface area contributed by atoms with E-state index in [1.807, 2.05) is 30.3 Å². The summed E-state index contributed by atoms with van der Waals surface area (Å²) in [6.45, 7) is 6.94. The fourth-order valence-electron chi connectivity index (χ4n) is 5.41. The van der Waals surface area contributed by atoms with Gasteiger partial charge in [-0.15, -0.1) is 0 Å². The van der Waals surface area contributed by atoms with Crippen LogP contribution in [0.15, 0.2) is 48.5 Å². The molecule has 2 amide bonds. The van der Waals surface area contributed by atoms with E-state index in [4.69, 9.17) is 19.3 Å². The summed E-state index contributed by atoms with van der Waals surface area (Å²) in [5.74, 6) is -1.08. The van der Waals surface area contributed by atoms with Crippen molar-refractivity contribution in [3.05, 3.63) is 76.6 Å². The molecule has 0 radical (unpaired) electrons. The standard InChI is InChI=1S/C31H33F3N4O6/c1-19(39)43-26-16-21(31(32,33)34)10-11-23(26)38-24-13-15-37(29(41)44-30(2,3)4)25-17-36(14-12-22(35-38)27(24)25)28(40)42-18-20-8-6-5-7-9-20/h5-11,16,25H,12-15,17-18H2,1-4H3. The molecule has 1 unspecified atom stereocenters. The van der Waals surface area contributed by atoms with Crippen LogP contribution in [0, 0.1) is 0 Å². The average Bonchev–Trinajstić information content (AvgIpc) is 3.20. The lowest BCUT2D eigenvalue weighted by Crippen LogP contribution is -2.47. The van der Waals surface area contributed by atoms with E-state index in [1.165, 1.54) is 15.6 Å². The van der Waals surface area contributed by atoms with Gasteiger partial charge in [0.1, 0.15) is 17.9 Å². The molecule has 0 saturated heterocycles. The first kappa shape index (κ1) is 30.9. The van der Waals surface area contributed by atoms with Gasteiger partial charge in [-0.05, 0) is 44.5 Å². The number of aromatic nitrogens is 2. The third-order valence-corrected chi connectivity index (χ3v) is 7.27. The summed E-state index contributed by atoms with van der Waals surface area (Å²) in [6, 6.07) is 11.5. The zero-order chi connectivity index (χ0) is 31.8. The van der Waals surface area contributed by atoms with E-state index in [-0.39, 0.29) is 50.5 Å². The van der Waals surface area contributed by atoms with Crippen LogP contribution in [0.25, 0.3) is 5.69 Å². The monoisotopic (exact) mass is 614 g/mol. The van der Waals surface area contributed by atoms with E-state index in [0.29, 0.717) is 17.0 Å². The van der Waals surface area contributed by atoms with Gasteiger partial charge in [-0.25, -0.2) is 14.3 Å². The minimum atomic E-state index is -4.65. The van der Waals surface area contributed by atoms with Gasteiger partial charge in [0.15, 0.2) is 5.75 Å². The molecule has 0 spiro atoms. The maximum absolute atomic E-state index is 13.5. The summed E-state index contributed by atoms with van der Waals surface area (Å²) in [5.41, 5.74) is 1.10. The second kappa shape index (κ2) is 11.9. The largest absolute Gasteiger partial charge is 0.445 e. The highest BCUT2D eigenvalue weighted by molar-refractivity contribution is 5.72. The molecule has 10 nitrogen and oxygen atoms in total. The highest BCUT2D eigenvalue weighted by Gasteiger charge is 2.42. The Kier molecular flexibility index (Phi) is 8.32. The Morgan fingerprint density at radius 2 is 1.70 bits per heavy atom. The van der Waals surface area contributed by atoms with Crippen molar-refractivity contribution in [3.8, 4) is 11.4 Å². The topological polar surface area (TPSA) is 103 Å². The number of halogens is 3. The van der Waals surface area contributed by atoms with Gasteiger partial charge in [-0.2, -0.15) is 18.3 Å². The number of hydrogen-bond donors (Lipinski definition) is 0. The van der Waals surface area contributed by atoms with Gasteiger partial charge in [0.25, 0.3) is 0 Å². The predicted octanol–water partition coefficient (Wildman–Crippen LogP) is 5.85. The molecule has 0 aliphatic carbocycles. The molecule has 1 aromatic heterocycles. The molecule has 2 aliphatic heterocycles. The van der Waals surface area contributed by atoms with Crippen molar-refractivity contribution in [1.29, 1.82) is 0 Å². The van der Waals surface area contributed by atoms with E-state index in [9.17, 15) is 27.6 Å². The highest BCUT2D eigenvalue weighted by atomic mass is 19.4. The Morgan fingerprint density at radius 1 is 0.977 bits per heavy atom. The number of alkyl halides is 3. The van der Waals surface area contributed by atoms with E-state index >= 15 is 0 Å². The molecule has 13 heteroatoms. The SMILES string of the molecule is CC(=O)Oc1cc(C(F)(F)F)ccc1-n1nc2c3c1CCN(C(=O)OC(C)(C)C)C3CN(C(=O)OCc1ccccc1)CC2. The maximum Gasteiger partial charge on any atom is 0.416 e. The molecule has 44 heavy (non-hydrogen) atoms. The predicted molar refractivity (Wildman–Crippen MR) is 151 cm³/mol. The van der Waals surface area contributed by atoms with Crippen molar-refractivity contribution in [2.45, 2.75) is 65.0 Å². The van der Waals surface area contributed by atoms with Gasteiger partial charge >= 0.3 is 24.3 Å². The molecule has 0 fully saturated rings. The van der Waals surface area contributed by atoms with Gasteiger partial charge in [0.2, 0.25) is 0 Å². The van der Waals surface area contributed by atoms with Crippen LogP contribution in [0.1, 0.15) is 61.8 Å². The first-order chi connectivity index (χ1) is 20.7. The Balaban J connectivity index is 1.53. The second-order valence-electron chi connectivity index (χ2n) is 11.7. The van der Waals surface area contributed by atoms with Gasteiger partial charge in [-0.1, -0.05) is 30.3 Å². The third kappa shape index (κ3) is 6.66. The third-order valence-electron chi connectivity index (χ3n) is 7.27. The van der Waals surface area contributed by atoms with Crippen LogP contribution in [0.4, 0.5) is 22.8 Å². The zero-order valence-electron chi connectivity index (χ0n) is 24.8. The molecule has 234 valence electrons. The average molecular weight is 615 g/mol. The summed E-state index contributed by atoms with van der Waals surface area (Å²) >= 11 is 0. The van der Waals surface area contributed by atoms with Crippen LogP contribution < -0.4 is 4.74 Å². The highest BCUT2D eigenvalue weighted by Crippen LogP contribution is 2.40. The molecule has 2 aliphatic rings. The van der Waals surface area contributed by atoms with Crippen LogP contribution in [-0.4, -0.2) is 63.0 Å². The van der Waals surface area contributed by atoms with Crippen LogP contribution in [0.2, 0.25) is 0 Å². The van der Waals surface area contributed by atoms with Gasteiger partial charge in [0.05, 0.1) is 23.0 Å². The summed E-state index contributed by atoms with van der Waals surface area (Å²) in [5, 5.41) is 4.74. The molecule has 5 rings (SSSR count). The van der Waals surface area contributed by atoms with Crippen molar-refractivity contribution < 1.29 is 41.8 Å². The maximum atomic E-state index is 13.5. The van der Waals surface area contributed by atoms with Crippen LogP contribution in [0.5, 0.6) is 5.75 Å². The molecule has 2 aromatic carbocycles. The minimum absolute atomic E-state index is 0.0755. The minimum Gasteiger partial charge on any atom is -0.445 e. The second-order valence-corrected chi connectivity index (χ2v) is 11.7. The molecule has 3 aromatic rings. The molecule has 0 bridgehead atoms. The van der Waals surface area contributed by atoms with Crippen LogP contribution in [-0.2, 0) is 39.9 Å². The number of amides is 2. The lowest BCUT2D eigenvalue weighted by molar-refractivity contribution is -0.138. The van der Waals surface area contributed by atoms with Gasteiger partial charge < -0.3 is 19.1 Å². The van der Waals surface area contributed by atoms with Gasteiger partial charge in [-0.3, -0.25) is 9.69 Å². The summed E-state index contributed by atoms with van der Waals surface area (Å²) in [7, 11) is 0. The van der Waals surface area contributed by atoms with Crippen molar-refractivity contribution in [1.82, 2.24) is 19.6 Å². The number of esters is 1. The van der Waals surface area contributed by atoms with Crippen molar-refractivity contribution in [2.75, 3.05) is 19.6 Å². The molecular formula is C31H33F3N4O6. The number of carbonyl (C=O) groups is 3. The first-order valence-electron chi connectivity index (χ1n) is 14.2. The first-order valence-corrected chi connectivity index (χ1v) is 14.2. The number of carbonyl (C=O) groups excluding carboxylic acids is 3. The van der Waals surface area contributed by atoms with E-state index < -0.39 is 41.5 Å². The van der Waals surface area contributed by atoms with Crippen LogP contribution >= 0.6 is 0 Å². The molecule has 0 N–H and O–H groups in total. The lowest BCUT2D eigenvalue weighted by atomic mass is 9.96. The Labute approximate surface area is 252 Å². The number of ether oxygens (including phenoxy) is 3. The smallest absolute Gasteiger partial charge is 0.416 e. The molecule has 3 heterocycles. The van der Waals surface area contributed by atoms with Crippen molar-refractivity contribution in [3.63, 3.8) is 0 Å². The summed E-state index contributed by atoms with van der Waals surface area (Å²) < 4.78 is 58.5. The van der Waals surface area contributed by atoms with Crippen molar-refractivity contribution in [2.24, 2.45) is 0 Å². The molecule has 1 atom stereocenters. The number of hydrogen-bond acceptors (Lipinski definition) is 7. The van der Waals surface area contributed by atoms with E-state index in [1.54, 1.807) is 25.7 Å². The quantitative estimate of drug-likeness (QED) is 0.269. The zero-order valence-corrected chi connectivity index (χ0v) is 24.8. The Morgan fingerprint density at radius 3 is 2.36 bits per heavy atom. The Bertz CT molecular complexity index is 1560. The molecule has 0 saturated carbocycles. The number of rotatable bonds is 4. The Hall–Kier alpha value is -4.55. The number of nitrogens with zero attached hydrogens (tertiary/aromatic N) is 4. The fraction of sp³-hybridized carbons (Fsp3) is 0.419. The normalized spacial score (nSPS) is 16.6. The van der Waals surface area contributed by atoms with E-state index in [0.717, 1.165) is 24.6 Å². The summed E-state index contributed by atoms with van der Waals surface area (Å²) in [6.07, 6.45) is -5.19. The van der Waals surface area contributed by atoms with Crippen molar-refractivity contribution >= 4 is 18.2 Å². The van der Waals surface area contributed by atoms with E-state index in [2.05, 4.69) is 0 Å². The molecular weight excluding hydrogens is 581 g/mol.